The van der Waals surface area contributed by atoms with Gasteiger partial charge in [0.25, 0.3) is 0 Å². The van der Waals surface area contributed by atoms with Gasteiger partial charge in [-0.05, 0) is 39.5 Å². The summed E-state index contributed by atoms with van der Waals surface area (Å²) in [6.45, 7) is 8.75. The highest BCUT2D eigenvalue weighted by Gasteiger charge is 2.23. The van der Waals surface area contributed by atoms with E-state index < -0.39 is 0 Å². The number of piperidine rings is 1. The number of imidazole rings is 1. The molecule has 0 aromatic carbocycles. The van der Waals surface area contributed by atoms with Gasteiger partial charge in [-0.25, -0.2) is 9.78 Å². The van der Waals surface area contributed by atoms with Crippen LogP contribution in [0, 0.1) is 12.8 Å². The van der Waals surface area contributed by atoms with Crippen LogP contribution in [0.4, 0.5) is 4.79 Å². The van der Waals surface area contributed by atoms with Crippen molar-refractivity contribution in [3.05, 3.63) is 18.2 Å². The van der Waals surface area contributed by atoms with Crippen molar-refractivity contribution >= 4 is 6.03 Å². The quantitative estimate of drug-likeness (QED) is 0.908. The molecule has 19 heavy (non-hydrogen) atoms. The molecule has 1 aliphatic rings. The highest BCUT2D eigenvalue weighted by Crippen LogP contribution is 2.19. The summed E-state index contributed by atoms with van der Waals surface area (Å²) in [7, 11) is 0. The number of hydrogen-bond donors (Lipinski definition) is 1. The molecule has 5 nitrogen and oxygen atoms in total. The van der Waals surface area contributed by atoms with Gasteiger partial charge in [0.2, 0.25) is 0 Å². The van der Waals surface area contributed by atoms with Crippen LogP contribution >= 0.6 is 0 Å². The van der Waals surface area contributed by atoms with Crippen LogP contribution in [-0.4, -0.2) is 39.6 Å². The van der Waals surface area contributed by atoms with Crippen LogP contribution in [0.25, 0.3) is 0 Å². The first kappa shape index (κ1) is 13.9. The Kier molecular flexibility index (Phi) is 4.45. The zero-order valence-electron chi connectivity index (χ0n) is 12.1. The van der Waals surface area contributed by atoms with Gasteiger partial charge < -0.3 is 14.8 Å². The summed E-state index contributed by atoms with van der Waals surface area (Å²) in [5.74, 6) is 1.72. The summed E-state index contributed by atoms with van der Waals surface area (Å²) >= 11 is 0. The first-order valence-corrected chi connectivity index (χ1v) is 7.09. The van der Waals surface area contributed by atoms with Crippen molar-refractivity contribution in [1.29, 1.82) is 0 Å². The second-order valence-corrected chi connectivity index (χ2v) is 5.66. The van der Waals surface area contributed by atoms with Gasteiger partial charge in [-0.2, -0.15) is 0 Å². The van der Waals surface area contributed by atoms with Gasteiger partial charge >= 0.3 is 6.03 Å². The molecule has 1 aromatic heterocycles. The molecule has 1 aromatic rings. The predicted molar refractivity (Wildman–Crippen MR) is 74.9 cm³/mol. The highest BCUT2D eigenvalue weighted by molar-refractivity contribution is 5.74. The molecule has 0 bridgehead atoms. The molecule has 106 valence electrons. The Morgan fingerprint density at radius 1 is 1.47 bits per heavy atom. The number of rotatable bonds is 3. The molecule has 5 heteroatoms. The molecule has 0 aliphatic carbocycles. The molecule has 1 aliphatic heterocycles. The van der Waals surface area contributed by atoms with E-state index in [2.05, 4.69) is 14.9 Å². The number of aryl methyl sites for hydroxylation is 1. The number of carbonyl (C=O) groups is 1. The lowest BCUT2D eigenvalue weighted by molar-refractivity contribution is 0.163. The molecule has 2 heterocycles. The van der Waals surface area contributed by atoms with Gasteiger partial charge in [-0.1, -0.05) is 0 Å². The molecule has 0 spiro atoms. The first-order valence-electron chi connectivity index (χ1n) is 7.09. The molecule has 0 radical (unpaired) electrons. The van der Waals surface area contributed by atoms with E-state index in [1.165, 1.54) is 0 Å². The Balaban J connectivity index is 1.79. The lowest BCUT2D eigenvalue weighted by Gasteiger charge is -2.32. The van der Waals surface area contributed by atoms with E-state index >= 15 is 0 Å². The van der Waals surface area contributed by atoms with Crippen LogP contribution < -0.4 is 5.32 Å². The van der Waals surface area contributed by atoms with Gasteiger partial charge in [0.1, 0.15) is 5.82 Å². The average molecular weight is 264 g/mol. The second kappa shape index (κ2) is 6.08. The lowest BCUT2D eigenvalue weighted by Crippen LogP contribution is -2.46. The normalized spacial score (nSPS) is 16.9. The third-order valence-electron chi connectivity index (χ3n) is 3.69. The van der Waals surface area contributed by atoms with E-state index in [9.17, 15) is 4.79 Å². The zero-order valence-corrected chi connectivity index (χ0v) is 12.1. The van der Waals surface area contributed by atoms with E-state index in [-0.39, 0.29) is 12.1 Å². The lowest BCUT2D eigenvalue weighted by atomic mass is 9.97. The van der Waals surface area contributed by atoms with Crippen LogP contribution in [0.3, 0.4) is 0 Å². The van der Waals surface area contributed by atoms with Gasteiger partial charge in [0.05, 0.1) is 0 Å². The van der Waals surface area contributed by atoms with Crippen molar-refractivity contribution < 1.29 is 4.79 Å². The number of aromatic nitrogens is 2. The van der Waals surface area contributed by atoms with E-state index in [1.54, 1.807) is 0 Å². The number of urea groups is 1. The molecule has 1 saturated heterocycles. The van der Waals surface area contributed by atoms with E-state index in [4.69, 9.17) is 0 Å². The minimum absolute atomic E-state index is 0.0762. The third-order valence-corrected chi connectivity index (χ3v) is 3.69. The maximum Gasteiger partial charge on any atom is 0.317 e. The Morgan fingerprint density at radius 3 is 2.68 bits per heavy atom. The number of likely N-dealkylation sites (tertiary alicyclic amines) is 1. The van der Waals surface area contributed by atoms with Gasteiger partial charge in [-0.15, -0.1) is 0 Å². The smallest absolute Gasteiger partial charge is 0.317 e. The maximum atomic E-state index is 11.9. The fraction of sp³-hybridized carbons (Fsp3) is 0.714. The maximum absolute atomic E-state index is 11.9. The molecule has 0 unspecified atom stereocenters. The van der Waals surface area contributed by atoms with Crippen molar-refractivity contribution in [2.45, 2.75) is 46.2 Å². The summed E-state index contributed by atoms with van der Waals surface area (Å²) in [5.41, 5.74) is 0. The van der Waals surface area contributed by atoms with Crippen molar-refractivity contribution in [1.82, 2.24) is 19.8 Å². The number of nitrogens with one attached hydrogen (secondary N) is 1. The minimum Gasteiger partial charge on any atom is -0.336 e. The fourth-order valence-corrected chi connectivity index (χ4v) is 2.53. The number of nitrogens with zero attached hydrogens (tertiary/aromatic N) is 3. The predicted octanol–water partition coefficient (Wildman–Crippen LogP) is 2.02. The fourth-order valence-electron chi connectivity index (χ4n) is 2.53. The monoisotopic (exact) mass is 264 g/mol. The van der Waals surface area contributed by atoms with Crippen LogP contribution in [0.15, 0.2) is 12.4 Å². The third kappa shape index (κ3) is 3.72. The highest BCUT2D eigenvalue weighted by atomic mass is 16.2. The summed E-state index contributed by atoms with van der Waals surface area (Å²) in [6, 6.07) is 0.283. The minimum atomic E-state index is 0.0762. The number of amides is 2. The van der Waals surface area contributed by atoms with Crippen molar-refractivity contribution in [2.75, 3.05) is 13.1 Å². The Labute approximate surface area is 115 Å². The average Bonchev–Trinajstić information content (AvgIpc) is 2.75. The van der Waals surface area contributed by atoms with Crippen LogP contribution in [0.1, 0.15) is 32.5 Å². The van der Waals surface area contributed by atoms with Crippen LogP contribution in [-0.2, 0) is 6.54 Å². The van der Waals surface area contributed by atoms with Crippen molar-refractivity contribution in [2.24, 2.45) is 5.92 Å². The van der Waals surface area contributed by atoms with Crippen molar-refractivity contribution in [3.63, 3.8) is 0 Å². The van der Waals surface area contributed by atoms with Gasteiger partial charge in [0, 0.05) is 38.1 Å². The molecule has 0 saturated carbocycles. The molecule has 1 N–H and O–H groups in total. The number of carbonyl (C=O) groups excluding carboxylic acids is 1. The Morgan fingerprint density at radius 2 is 2.16 bits per heavy atom. The first-order chi connectivity index (χ1) is 9.06. The standard InChI is InChI=1S/C14H24N4O/c1-11(2)16-14(19)17-7-4-13(5-8-17)10-18-9-6-15-12(18)3/h6,9,11,13H,4-5,7-8,10H2,1-3H3,(H,16,19). The largest absolute Gasteiger partial charge is 0.336 e. The molecular weight excluding hydrogens is 240 g/mol. The Hall–Kier alpha value is -1.52. The van der Waals surface area contributed by atoms with E-state index in [0.717, 1.165) is 38.3 Å². The van der Waals surface area contributed by atoms with E-state index in [1.807, 2.05) is 38.1 Å². The summed E-state index contributed by atoms with van der Waals surface area (Å²) in [6.07, 6.45) is 6.03. The molecule has 2 rings (SSSR count). The SMILES string of the molecule is Cc1nccn1CC1CCN(C(=O)NC(C)C)CC1. The van der Waals surface area contributed by atoms with Gasteiger partial charge in [0.15, 0.2) is 0 Å². The van der Waals surface area contributed by atoms with E-state index in [0.29, 0.717) is 5.92 Å². The van der Waals surface area contributed by atoms with Crippen molar-refractivity contribution in [3.8, 4) is 0 Å². The Bertz CT molecular complexity index is 419. The molecular formula is C14H24N4O. The van der Waals surface area contributed by atoms with Crippen LogP contribution in [0.2, 0.25) is 0 Å². The second-order valence-electron chi connectivity index (χ2n) is 5.66. The zero-order chi connectivity index (χ0) is 13.8. The number of hydrogen-bond acceptors (Lipinski definition) is 2. The summed E-state index contributed by atoms with van der Waals surface area (Å²) in [4.78, 5) is 18.1. The molecule has 1 fully saturated rings. The summed E-state index contributed by atoms with van der Waals surface area (Å²) < 4.78 is 2.20. The molecule has 0 atom stereocenters. The molecule has 2 amide bonds. The van der Waals surface area contributed by atoms with Gasteiger partial charge in [-0.3, -0.25) is 0 Å². The summed E-state index contributed by atoms with van der Waals surface area (Å²) in [5, 5.41) is 2.95. The topological polar surface area (TPSA) is 50.2 Å². The van der Waals surface area contributed by atoms with Crippen LogP contribution in [0.5, 0.6) is 0 Å².